The highest BCUT2D eigenvalue weighted by Gasteiger charge is 2.42. The van der Waals surface area contributed by atoms with Crippen LogP contribution >= 0.6 is 11.8 Å². The van der Waals surface area contributed by atoms with Crippen LogP contribution in [0.2, 0.25) is 0 Å². The summed E-state index contributed by atoms with van der Waals surface area (Å²) in [5.41, 5.74) is 3.54. The topological polar surface area (TPSA) is 9.23 Å². The summed E-state index contributed by atoms with van der Waals surface area (Å²) in [6.45, 7) is 5.94. The molecule has 0 saturated carbocycles. The standard InChI is InChI=1S/C18H18OS/c1-3-15-9-11-17(12-10-15)18(19-14(2)13-20-18)16-7-5-4-6-8-16/h3-12,14H,1,13H2,2H3. The van der Waals surface area contributed by atoms with Gasteiger partial charge in [-0.25, -0.2) is 0 Å². The first-order valence-corrected chi connectivity index (χ1v) is 7.83. The third-order valence-electron chi connectivity index (χ3n) is 3.57. The van der Waals surface area contributed by atoms with Crippen molar-refractivity contribution >= 4 is 17.8 Å². The van der Waals surface area contributed by atoms with Crippen LogP contribution in [0.3, 0.4) is 0 Å². The molecule has 2 unspecified atom stereocenters. The maximum absolute atomic E-state index is 6.33. The smallest absolute Gasteiger partial charge is 0.165 e. The van der Waals surface area contributed by atoms with Crippen LogP contribution in [0.4, 0.5) is 0 Å². The molecule has 0 bridgehead atoms. The number of hydrogen-bond donors (Lipinski definition) is 0. The van der Waals surface area contributed by atoms with Gasteiger partial charge in [0.15, 0.2) is 4.93 Å². The first kappa shape index (κ1) is 13.5. The van der Waals surface area contributed by atoms with Gasteiger partial charge in [-0.3, -0.25) is 0 Å². The summed E-state index contributed by atoms with van der Waals surface area (Å²) < 4.78 is 6.33. The summed E-state index contributed by atoms with van der Waals surface area (Å²) in [7, 11) is 0. The van der Waals surface area contributed by atoms with Gasteiger partial charge in [0.2, 0.25) is 0 Å². The molecule has 0 spiro atoms. The van der Waals surface area contributed by atoms with E-state index in [1.165, 1.54) is 11.1 Å². The van der Waals surface area contributed by atoms with Crippen LogP contribution in [-0.4, -0.2) is 11.9 Å². The van der Waals surface area contributed by atoms with Gasteiger partial charge < -0.3 is 4.74 Å². The molecule has 1 fully saturated rings. The van der Waals surface area contributed by atoms with Crippen LogP contribution in [0, 0.1) is 0 Å². The highest BCUT2D eigenvalue weighted by molar-refractivity contribution is 8.00. The van der Waals surface area contributed by atoms with Gasteiger partial charge in [-0.1, -0.05) is 67.3 Å². The number of rotatable bonds is 3. The predicted molar refractivity (Wildman–Crippen MR) is 86.8 cm³/mol. The third-order valence-corrected chi connectivity index (χ3v) is 5.18. The number of ether oxygens (including phenoxy) is 1. The van der Waals surface area contributed by atoms with Crippen molar-refractivity contribution in [2.45, 2.75) is 18.0 Å². The van der Waals surface area contributed by atoms with Crippen molar-refractivity contribution in [2.24, 2.45) is 0 Å². The molecule has 2 heteroatoms. The average molecular weight is 282 g/mol. The van der Waals surface area contributed by atoms with Crippen LogP contribution < -0.4 is 0 Å². The maximum atomic E-state index is 6.33. The maximum Gasteiger partial charge on any atom is 0.165 e. The zero-order chi connectivity index (χ0) is 14.0. The van der Waals surface area contributed by atoms with Gasteiger partial charge in [-0.05, 0) is 23.6 Å². The Labute approximate surface area is 124 Å². The second kappa shape index (κ2) is 5.47. The first-order chi connectivity index (χ1) is 9.74. The summed E-state index contributed by atoms with van der Waals surface area (Å²) in [6, 6.07) is 19.0. The Balaban J connectivity index is 2.08. The third kappa shape index (κ3) is 2.30. The van der Waals surface area contributed by atoms with Crippen LogP contribution in [-0.2, 0) is 9.67 Å². The summed E-state index contributed by atoms with van der Waals surface area (Å²) in [4.78, 5) is -0.375. The Morgan fingerprint density at radius 1 is 1.10 bits per heavy atom. The highest BCUT2D eigenvalue weighted by atomic mass is 32.2. The average Bonchev–Trinajstić information content (AvgIpc) is 2.92. The summed E-state index contributed by atoms with van der Waals surface area (Å²) in [5, 5.41) is 0. The summed E-state index contributed by atoms with van der Waals surface area (Å²) in [5.74, 6) is 1.01. The quantitative estimate of drug-likeness (QED) is 0.808. The lowest BCUT2D eigenvalue weighted by molar-refractivity contribution is 0.0252. The van der Waals surface area contributed by atoms with Gasteiger partial charge in [0.1, 0.15) is 0 Å². The van der Waals surface area contributed by atoms with Crippen molar-refractivity contribution in [1.82, 2.24) is 0 Å². The van der Waals surface area contributed by atoms with E-state index in [1.807, 2.05) is 23.9 Å². The molecular weight excluding hydrogens is 264 g/mol. The van der Waals surface area contributed by atoms with E-state index in [-0.39, 0.29) is 11.0 Å². The van der Waals surface area contributed by atoms with Gasteiger partial charge in [-0.15, -0.1) is 11.8 Å². The van der Waals surface area contributed by atoms with Gasteiger partial charge in [0.25, 0.3) is 0 Å². The van der Waals surface area contributed by atoms with E-state index in [0.29, 0.717) is 0 Å². The predicted octanol–water partition coefficient (Wildman–Crippen LogP) is 4.68. The Kier molecular flexibility index (Phi) is 3.68. The fourth-order valence-electron chi connectivity index (χ4n) is 2.55. The normalized spacial score (nSPS) is 25.6. The fraction of sp³-hybridized carbons (Fsp3) is 0.222. The van der Waals surface area contributed by atoms with Gasteiger partial charge in [0, 0.05) is 5.75 Å². The Morgan fingerprint density at radius 3 is 2.30 bits per heavy atom. The highest BCUT2D eigenvalue weighted by Crippen LogP contribution is 2.49. The number of hydrogen-bond acceptors (Lipinski definition) is 2. The SMILES string of the molecule is C=Cc1ccc(C2(c3ccccc3)OC(C)CS2)cc1. The lowest BCUT2D eigenvalue weighted by atomic mass is 9.99. The number of benzene rings is 2. The van der Waals surface area contributed by atoms with Gasteiger partial charge in [0.05, 0.1) is 6.10 Å². The largest absolute Gasteiger partial charge is 0.352 e. The molecule has 0 amide bonds. The van der Waals surface area contributed by atoms with E-state index in [1.54, 1.807) is 0 Å². The molecule has 0 aromatic heterocycles. The molecule has 0 N–H and O–H groups in total. The second-order valence-electron chi connectivity index (χ2n) is 5.05. The van der Waals surface area contributed by atoms with E-state index in [9.17, 15) is 0 Å². The van der Waals surface area contributed by atoms with Crippen molar-refractivity contribution in [3.8, 4) is 0 Å². The molecule has 1 nitrogen and oxygen atoms in total. The molecule has 20 heavy (non-hydrogen) atoms. The lowest BCUT2D eigenvalue weighted by Gasteiger charge is -2.29. The Morgan fingerprint density at radius 2 is 1.75 bits per heavy atom. The minimum Gasteiger partial charge on any atom is -0.352 e. The fourth-order valence-corrected chi connectivity index (χ4v) is 3.93. The van der Waals surface area contributed by atoms with Crippen LogP contribution in [0.5, 0.6) is 0 Å². The van der Waals surface area contributed by atoms with E-state index < -0.39 is 0 Å². The molecule has 0 radical (unpaired) electrons. The Bertz CT molecular complexity index is 591. The molecule has 2 aromatic carbocycles. The van der Waals surface area contributed by atoms with Crippen molar-refractivity contribution < 1.29 is 4.74 Å². The minimum absolute atomic E-state index is 0.263. The van der Waals surface area contributed by atoms with E-state index in [4.69, 9.17) is 4.74 Å². The van der Waals surface area contributed by atoms with Crippen LogP contribution in [0.25, 0.3) is 6.08 Å². The first-order valence-electron chi connectivity index (χ1n) is 6.85. The molecular formula is C18H18OS. The molecule has 2 aromatic rings. The van der Waals surface area contributed by atoms with E-state index in [0.717, 1.165) is 11.3 Å². The van der Waals surface area contributed by atoms with Crippen LogP contribution in [0.15, 0.2) is 61.2 Å². The molecule has 0 aliphatic carbocycles. The molecule has 1 saturated heterocycles. The zero-order valence-electron chi connectivity index (χ0n) is 11.6. The van der Waals surface area contributed by atoms with Gasteiger partial charge >= 0.3 is 0 Å². The van der Waals surface area contributed by atoms with E-state index >= 15 is 0 Å². The Hall–Kier alpha value is -1.51. The molecule has 1 aliphatic rings. The van der Waals surface area contributed by atoms with Crippen LogP contribution in [0.1, 0.15) is 23.6 Å². The van der Waals surface area contributed by atoms with Crippen molar-refractivity contribution in [2.75, 3.05) is 5.75 Å². The minimum atomic E-state index is -0.375. The molecule has 1 aliphatic heterocycles. The molecule has 2 atom stereocenters. The second-order valence-corrected chi connectivity index (χ2v) is 6.25. The number of thioether (sulfide) groups is 1. The van der Waals surface area contributed by atoms with E-state index in [2.05, 4.69) is 62.0 Å². The van der Waals surface area contributed by atoms with Gasteiger partial charge in [-0.2, -0.15) is 0 Å². The molecule has 102 valence electrons. The summed E-state index contributed by atoms with van der Waals surface area (Å²) >= 11 is 1.87. The van der Waals surface area contributed by atoms with Crippen molar-refractivity contribution in [3.05, 3.63) is 77.9 Å². The summed E-state index contributed by atoms with van der Waals surface area (Å²) in [6.07, 6.45) is 2.13. The lowest BCUT2D eigenvalue weighted by Crippen LogP contribution is -2.24. The monoisotopic (exact) mass is 282 g/mol. The molecule has 3 rings (SSSR count). The van der Waals surface area contributed by atoms with Crippen molar-refractivity contribution in [1.29, 1.82) is 0 Å². The van der Waals surface area contributed by atoms with Crippen molar-refractivity contribution in [3.63, 3.8) is 0 Å². The zero-order valence-corrected chi connectivity index (χ0v) is 12.4. The molecule has 1 heterocycles.